The third-order valence-electron chi connectivity index (χ3n) is 4.09. The first-order valence-electron chi connectivity index (χ1n) is 7.84. The molecule has 1 aliphatic rings. The molecule has 1 aliphatic heterocycles. The Kier molecular flexibility index (Phi) is 5.24. The highest BCUT2D eigenvalue weighted by molar-refractivity contribution is 7.88. The average Bonchev–Trinajstić information content (AvgIpc) is 2.94. The number of benzene rings is 1. The molecule has 2 aromatic rings. The van der Waals surface area contributed by atoms with E-state index in [1.165, 1.54) is 11.8 Å². The maximum atomic E-state index is 11.2. The molecule has 0 amide bonds. The lowest BCUT2D eigenvalue weighted by atomic mass is 10.1. The molecule has 0 spiro atoms. The van der Waals surface area contributed by atoms with E-state index in [0.717, 1.165) is 30.4 Å². The van der Waals surface area contributed by atoms with Crippen LogP contribution in [-0.4, -0.2) is 42.4 Å². The van der Waals surface area contributed by atoms with Crippen LogP contribution in [-0.2, 0) is 23.1 Å². The van der Waals surface area contributed by atoms with Crippen LogP contribution in [0.25, 0.3) is 0 Å². The molecule has 1 N–H and O–H groups in total. The van der Waals surface area contributed by atoms with E-state index >= 15 is 0 Å². The fraction of sp³-hybridized carbons (Fsp3) is 0.438. The molecule has 1 aromatic heterocycles. The van der Waals surface area contributed by atoms with Gasteiger partial charge in [-0.25, -0.2) is 13.1 Å². The second kappa shape index (κ2) is 7.23. The van der Waals surface area contributed by atoms with E-state index in [0.29, 0.717) is 13.0 Å². The lowest BCUT2D eigenvalue weighted by Gasteiger charge is -2.34. The van der Waals surface area contributed by atoms with Crippen LogP contribution in [0, 0.1) is 0 Å². The summed E-state index contributed by atoms with van der Waals surface area (Å²) >= 11 is 6.07. The summed E-state index contributed by atoms with van der Waals surface area (Å²) in [6.45, 7) is 2.87. The van der Waals surface area contributed by atoms with E-state index < -0.39 is 10.0 Å². The topological polar surface area (TPSA) is 67.2 Å². The van der Waals surface area contributed by atoms with Crippen molar-refractivity contribution in [2.75, 3.05) is 19.3 Å². The maximum absolute atomic E-state index is 11.2. The molecular weight excluding hydrogens is 348 g/mol. The minimum Gasteiger partial charge on any atom is -0.291 e. The number of hydrogen-bond donors (Lipinski definition) is 1. The third kappa shape index (κ3) is 4.57. The van der Waals surface area contributed by atoms with Gasteiger partial charge in [0.05, 0.1) is 18.0 Å². The van der Waals surface area contributed by atoms with Gasteiger partial charge in [-0.1, -0.05) is 23.7 Å². The number of nitrogens with one attached hydrogen (secondary N) is 1. The monoisotopic (exact) mass is 368 g/mol. The van der Waals surface area contributed by atoms with Gasteiger partial charge in [0.25, 0.3) is 0 Å². The van der Waals surface area contributed by atoms with Crippen molar-refractivity contribution in [2.24, 2.45) is 0 Å². The van der Waals surface area contributed by atoms with Gasteiger partial charge < -0.3 is 0 Å². The Bertz CT molecular complexity index is 806. The molecule has 24 heavy (non-hydrogen) atoms. The van der Waals surface area contributed by atoms with E-state index in [2.05, 4.69) is 20.8 Å². The molecule has 0 aliphatic carbocycles. The van der Waals surface area contributed by atoms with E-state index in [1.807, 2.05) is 28.9 Å². The summed E-state index contributed by atoms with van der Waals surface area (Å²) in [6, 6.07) is 10.0. The minimum atomic E-state index is -3.16. The van der Waals surface area contributed by atoms with Gasteiger partial charge in [0.15, 0.2) is 0 Å². The van der Waals surface area contributed by atoms with Crippen molar-refractivity contribution in [1.82, 2.24) is 19.4 Å². The first-order chi connectivity index (χ1) is 11.4. The molecule has 0 saturated carbocycles. The van der Waals surface area contributed by atoms with E-state index in [-0.39, 0.29) is 6.04 Å². The van der Waals surface area contributed by atoms with E-state index in [4.69, 9.17) is 11.6 Å². The van der Waals surface area contributed by atoms with Crippen LogP contribution in [0.1, 0.15) is 23.7 Å². The second-order valence-electron chi connectivity index (χ2n) is 6.18. The number of sulfonamides is 1. The Balaban J connectivity index is 1.68. The lowest BCUT2D eigenvalue weighted by Crippen LogP contribution is -2.38. The average molecular weight is 369 g/mol. The molecule has 0 radical (unpaired) electrons. The number of aromatic nitrogens is 2. The Morgan fingerprint density at radius 2 is 2.21 bits per heavy atom. The van der Waals surface area contributed by atoms with Crippen LogP contribution in [0.4, 0.5) is 0 Å². The summed E-state index contributed by atoms with van der Waals surface area (Å²) < 4.78 is 27.1. The van der Waals surface area contributed by atoms with Crippen molar-refractivity contribution in [1.29, 1.82) is 0 Å². The molecule has 130 valence electrons. The normalized spacial score (nSPS) is 18.5. The van der Waals surface area contributed by atoms with Crippen molar-refractivity contribution < 1.29 is 8.42 Å². The van der Waals surface area contributed by atoms with Crippen LogP contribution in [0.15, 0.2) is 36.5 Å². The molecule has 2 heterocycles. The van der Waals surface area contributed by atoms with Crippen molar-refractivity contribution >= 4 is 21.6 Å². The Labute approximate surface area is 147 Å². The van der Waals surface area contributed by atoms with Crippen molar-refractivity contribution in [3.05, 3.63) is 52.8 Å². The van der Waals surface area contributed by atoms with Gasteiger partial charge in [0.1, 0.15) is 0 Å². The molecule has 3 rings (SSSR count). The highest BCUT2D eigenvalue weighted by atomic mass is 35.5. The fourth-order valence-corrected chi connectivity index (χ4v) is 3.80. The number of nitrogens with zero attached hydrogens (tertiary/aromatic N) is 3. The number of halogens is 1. The molecule has 0 unspecified atom stereocenters. The largest absolute Gasteiger partial charge is 0.291 e. The summed E-state index contributed by atoms with van der Waals surface area (Å²) in [5.74, 6) is 0. The third-order valence-corrected chi connectivity index (χ3v) is 5.05. The predicted molar refractivity (Wildman–Crippen MR) is 94.3 cm³/mol. The van der Waals surface area contributed by atoms with Crippen LogP contribution < -0.4 is 4.72 Å². The Hall–Kier alpha value is -1.41. The SMILES string of the molecule is CS(=O)(=O)NCC[C@@H]1CN(Cc2cccc(Cl)c2)Cc2ccnn21. The minimum absolute atomic E-state index is 0.150. The zero-order valence-electron chi connectivity index (χ0n) is 13.5. The van der Waals surface area contributed by atoms with Gasteiger partial charge in [-0.05, 0) is 30.2 Å². The van der Waals surface area contributed by atoms with Gasteiger partial charge >= 0.3 is 0 Å². The van der Waals surface area contributed by atoms with E-state index in [1.54, 1.807) is 6.20 Å². The first kappa shape index (κ1) is 17.4. The molecular formula is C16H21ClN4O2S. The second-order valence-corrected chi connectivity index (χ2v) is 8.45. The van der Waals surface area contributed by atoms with Gasteiger partial charge in [-0.3, -0.25) is 9.58 Å². The smallest absolute Gasteiger partial charge is 0.208 e. The highest BCUT2D eigenvalue weighted by Crippen LogP contribution is 2.24. The molecule has 0 bridgehead atoms. The van der Waals surface area contributed by atoms with Gasteiger partial charge in [0.2, 0.25) is 10.0 Å². The van der Waals surface area contributed by atoms with E-state index in [9.17, 15) is 8.42 Å². The van der Waals surface area contributed by atoms with Crippen LogP contribution in [0.5, 0.6) is 0 Å². The zero-order valence-corrected chi connectivity index (χ0v) is 15.1. The van der Waals surface area contributed by atoms with Crippen LogP contribution in [0.3, 0.4) is 0 Å². The van der Waals surface area contributed by atoms with Crippen molar-refractivity contribution in [3.63, 3.8) is 0 Å². The van der Waals surface area contributed by atoms with Gasteiger partial charge in [-0.15, -0.1) is 0 Å². The number of hydrogen-bond acceptors (Lipinski definition) is 4. The summed E-state index contributed by atoms with van der Waals surface area (Å²) in [5, 5.41) is 5.14. The highest BCUT2D eigenvalue weighted by Gasteiger charge is 2.25. The van der Waals surface area contributed by atoms with Crippen LogP contribution in [0.2, 0.25) is 5.02 Å². The standard InChI is InChI=1S/C16H21ClN4O2S/c1-24(22,23)19-8-6-16-12-20(11-15-5-7-18-21(15)16)10-13-3-2-4-14(17)9-13/h2-5,7,9,16,19H,6,8,10-12H2,1H3/t16-/m1/s1. The molecule has 1 atom stereocenters. The molecule has 1 aromatic carbocycles. The summed E-state index contributed by atoms with van der Waals surface area (Å²) in [5.41, 5.74) is 2.32. The Morgan fingerprint density at radius 3 is 2.96 bits per heavy atom. The molecule has 8 heteroatoms. The summed E-state index contributed by atoms with van der Waals surface area (Å²) in [6.07, 6.45) is 3.68. The summed E-state index contributed by atoms with van der Waals surface area (Å²) in [7, 11) is -3.16. The molecule has 6 nitrogen and oxygen atoms in total. The first-order valence-corrected chi connectivity index (χ1v) is 10.1. The quantitative estimate of drug-likeness (QED) is 0.847. The fourth-order valence-electron chi connectivity index (χ4n) is 3.10. The van der Waals surface area contributed by atoms with Gasteiger partial charge in [0, 0.05) is 37.4 Å². The van der Waals surface area contributed by atoms with Crippen LogP contribution >= 0.6 is 11.6 Å². The molecule has 0 fully saturated rings. The Morgan fingerprint density at radius 1 is 1.38 bits per heavy atom. The summed E-state index contributed by atoms with van der Waals surface area (Å²) in [4.78, 5) is 2.34. The van der Waals surface area contributed by atoms with Crippen molar-refractivity contribution in [2.45, 2.75) is 25.6 Å². The van der Waals surface area contributed by atoms with Crippen molar-refractivity contribution in [3.8, 4) is 0 Å². The maximum Gasteiger partial charge on any atom is 0.208 e. The lowest BCUT2D eigenvalue weighted by molar-refractivity contribution is 0.162. The number of fused-ring (bicyclic) bond motifs is 1. The van der Waals surface area contributed by atoms with Gasteiger partial charge in [-0.2, -0.15) is 5.10 Å². The number of rotatable bonds is 6. The predicted octanol–water partition coefficient (Wildman–Crippen LogP) is 2.03. The molecule has 0 saturated heterocycles. The zero-order chi connectivity index (χ0) is 17.2.